The van der Waals surface area contributed by atoms with Crippen LogP contribution in [0, 0.1) is 5.92 Å². The van der Waals surface area contributed by atoms with E-state index >= 15 is 0 Å². The zero-order valence-electron chi connectivity index (χ0n) is 13.5. The Kier molecular flexibility index (Phi) is 6.92. The van der Waals surface area contributed by atoms with Gasteiger partial charge in [0.05, 0.1) is 0 Å². The van der Waals surface area contributed by atoms with Gasteiger partial charge in [-0.05, 0) is 25.8 Å². The molecule has 1 rings (SSSR count). The first-order valence-electron chi connectivity index (χ1n) is 7.80. The summed E-state index contributed by atoms with van der Waals surface area (Å²) in [7, 11) is 0. The Morgan fingerprint density at radius 2 is 1.80 bits per heavy atom. The first kappa shape index (κ1) is 17.4. The van der Waals surface area contributed by atoms with E-state index in [-0.39, 0.29) is 0 Å². The molecular formula is C15H31N3O2. The van der Waals surface area contributed by atoms with E-state index in [4.69, 9.17) is 0 Å². The lowest BCUT2D eigenvalue weighted by molar-refractivity contribution is -0.144. The van der Waals surface area contributed by atoms with Gasteiger partial charge in [0.2, 0.25) is 0 Å². The molecule has 0 saturated carbocycles. The van der Waals surface area contributed by atoms with Gasteiger partial charge in [-0.2, -0.15) is 0 Å². The molecule has 0 aromatic carbocycles. The fourth-order valence-electron chi connectivity index (χ4n) is 2.75. The molecule has 20 heavy (non-hydrogen) atoms. The van der Waals surface area contributed by atoms with Gasteiger partial charge >= 0.3 is 5.97 Å². The minimum absolute atomic E-state index is 0.653. The lowest BCUT2D eigenvalue weighted by Crippen LogP contribution is -2.53. The Bertz CT molecular complexity index is 301. The number of hydrogen-bond donors (Lipinski definition) is 2. The summed E-state index contributed by atoms with van der Waals surface area (Å²) in [6.45, 7) is 15.2. The van der Waals surface area contributed by atoms with E-state index in [0.717, 1.165) is 39.3 Å². The molecular weight excluding hydrogens is 254 g/mol. The van der Waals surface area contributed by atoms with Crippen LogP contribution in [0.15, 0.2) is 0 Å². The average Bonchev–Trinajstić information content (AvgIpc) is 2.37. The molecule has 5 nitrogen and oxygen atoms in total. The van der Waals surface area contributed by atoms with Crippen LogP contribution in [0.25, 0.3) is 0 Å². The van der Waals surface area contributed by atoms with Crippen molar-refractivity contribution in [2.24, 2.45) is 5.92 Å². The highest BCUT2D eigenvalue weighted by Gasteiger charge is 2.32. The van der Waals surface area contributed by atoms with Crippen LogP contribution in [0.5, 0.6) is 0 Å². The highest BCUT2D eigenvalue weighted by molar-refractivity contribution is 5.78. The number of nitrogens with one attached hydrogen (secondary N) is 1. The summed E-state index contributed by atoms with van der Waals surface area (Å²) in [5.41, 5.74) is -0.802. The molecule has 1 atom stereocenters. The van der Waals surface area contributed by atoms with Crippen molar-refractivity contribution < 1.29 is 9.90 Å². The quantitative estimate of drug-likeness (QED) is 0.699. The molecule has 0 aromatic heterocycles. The van der Waals surface area contributed by atoms with Gasteiger partial charge in [-0.25, -0.2) is 0 Å². The molecule has 0 bridgehead atoms. The zero-order valence-corrected chi connectivity index (χ0v) is 13.5. The SMILES string of the molecule is CCNC(C)(CCN1CCN(CC(C)C)CC1)C(=O)O. The predicted molar refractivity (Wildman–Crippen MR) is 82.1 cm³/mol. The van der Waals surface area contributed by atoms with E-state index in [1.54, 1.807) is 6.92 Å². The number of carboxylic acids is 1. The van der Waals surface area contributed by atoms with Gasteiger partial charge in [0.1, 0.15) is 5.54 Å². The van der Waals surface area contributed by atoms with Gasteiger partial charge in [-0.15, -0.1) is 0 Å². The van der Waals surface area contributed by atoms with Crippen molar-refractivity contribution in [2.45, 2.75) is 39.7 Å². The summed E-state index contributed by atoms with van der Waals surface area (Å²) < 4.78 is 0. The van der Waals surface area contributed by atoms with Gasteiger partial charge in [-0.1, -0.05) is 20.8 Å². The van der Waals surface area contributed by atoms with Crippen LogP contribution >= 0.6 is 0 Å². The summed E-state index contributed by atoms with van der Waals surface area (Å²) in [5.74, 6) is -0.0385. The number of aliphatic carboxylic acids is 1. The van der Waals surface area contributed by atoms with Crippen LogP contribution in [0.2, 0.25) is 0 Å². The third-order valence-corrected chi connectivity index (χ3v) is 4.06. The molecule has 5 heteroatoms. The summed E-state index contributed by atoms with van der Waals surface area (Å²) >= 11 is 0. The van der Waals surface area contributed by atoms with Gasteiger partial charge in [-0.3, -0.25) is 4.79 Å². The first-order chi connectivity index (χ1) is 9.37. The molecule has 1 aliphatic rings. The summed E-state index contributed by atoms with van der Waals surface area (Å²) in [5, 5.41) is 12.4. The molecule has 1 aliphatic heterocycles. The smallest absolute Gasteiger partial charge is 0.323 e. The Labute approximate surface area is 123 Å². The van der Waals surface area contributed by atoms with Crippen LogP contribution < -0.4 is 5.32 Å². The number of rotatable bonds is 8. The fraction of sp³-hybridized carbons (Fsp3) is 0.933. The molecule has 1 fully saturated rings. The maximum Gasteiger partial charge on any atom is 0.323 e. The number of carbonyl (C=O) groups is 1. The van der Waals surface area contributed by atoms with E-state index < -0.39 is 11.5 Å². The summed E-state index contributed by atoms with van der Waals surface area (Å²) in [6, 6.07) is 0. The average molecular weight is 285 g/mol. The van der Waals surface area contributed by atoms with Crippen molar-refractivity contribution in [3.63, 3.8) is 0 Å². The standard InChI is InChI=1S/C15H31N3O2/c1-5-16-15(4,14(19)20)6-7-17-8-10-18(11-9-17)12-13(2)3/h13,16H,5-12H2,1-4H3,(H,19,20). The molecule has 1 heterocycles. The summed E-state index contributed by atoms with van der Waals surface area (Å²) in [6.07, 6.45) is 0.653. The van der Waals surface area contributed by atoms with E-state index in [9.17, 15) is 9.90 Å². The van der Waals surface area contributed by atoms with Gasteiger partial charge in [0, 0.05) is 39.3 Å². The zero-order chi connectivity index (χ0) is 15.2. The van der Waals surface area contributed by atoms with Crippen molar-refractivity contribution in [2.75, 3.05) is 45.8 Å². The molecule has 1 unspecified atom stereocenters. The number of likely N-dealkylation sites (N-methyl/N-ethyl adjacent to an activating group) is 1. The Morgan fingerprint density at radius 1 is 1.25 bits per heavy atom. The van der Waals surface area contributed by atoms with Crippen LogP contribution in [0.4, 0.5) is 0 Å². The highest BCUT2D eigenvalue weighted by atomic mass is 16.4. The predicted octanol–water partition coefficient (Wildman–Crippen LogP) is 1.10. The van der Waals surface area contributed by atoms with E-state index in [1.807, 2.05) is 6.92 Å². The minimum atomic E-state index is -0.802. The second-order valence-corrected chi connectivity index (χ2v) is 6.45. The molecule has 1 saturated heterocycles. The second kappa shape index (κ2) is 7.96. The molecule has 0 spiro atoms. The van der Waals surface area contributed by atoms with Gasteiger partial charge in [0.15, 0.2) is 0 Å². The number of carboxylic acid groups (broad SMARTS) is 1. The lowest BCUT2D eigenvalue weighted by atomic mass is 9.97. The Balaban J connectivity index is 2.34. The Hall–Kier alpha value is -0.650. The topological polar surface area (TPSA) is 55.8 Å². The molecule has 2 N–H and O–H groups in total. The van der Waals surface area contributed by atoms with Crippen molar-refractivity contribution >= 4 is 5.97 Å². The number of nitrogens with zero attached hydrogens (tertiary/aromatic N) is 2. The fourth-order valence-corrected chi connectivity index (χ4v) is 2.75. The van der Waals surface area contributed by atoms with Crippen molar-refractivity contribution in [1.82, 2.24) is 15.1 Å². The summed E-state index contributed by atoms with van der Waals surface area (Å²) in [4.78, 5) is 16.3. The van der Waals surface area contributed by atoms with Crippen LogP contribution in [-0.4, -0.2) is 72.2 Å². The third kappa shape index (κ3) is 5.38. The molecule has 0 amide bonds. The lowest BCUT2D eigenvalue weighted by Gasteiger charge is -2.37. The molecule has 0 aromatic rings. The van der Waals surface area contributed by atoms with Gasteiger partial charge in [0.25, 0.3) is 0 Å². The monoisotopic (exact) mass is 285 g/mol. The highest BCUT2D eigenvalue weighted by Crippen LogP contribution is 2.13. The molecule has 0 radical (unpaired) electrons. The van der Waals surface area contributed by atoms with Crippen LogP contribution in [0.3, 0.4) is 0 Å². The maximum absolute atomic E-state index is 11.4. The second-order valence-electron chi connectivity index (χ2n) is 6.45. The first-order valence-corrected chi connectivity index (χ1v) is 7.80. The third-order valence-electron chi connectivity index (χ3n) is 4.06. The van der Waals surface area contributed by atoms with Crippen molar-refractivity contribution in [3.05, 3.63) is 0 Å². The van der Waals surface area contributed by atoms with Gasteiger partial charge < -0.3 is 20.2 Å². The minimum Gasteiger partial charge on any atom is -0.480 e. The molecule has 118 valence electrons. The molecule has 0 aliphatic carbocycles. The largest absolute Gasteiger partial charge is 0.480 e. The van der Waals surface area contributed by atoms with Crippen LogP contribution in [0.1, 0.15) is 34.1 Å². The normalized spacial score (nSPS) is 21.1. The number of piperazine rings is 1. The van der Waals surface area contributed by atoms with Crippen molar-refractivity contribution in [1.29, 1.82) is 0 Å². The number of hydrogen-bond acceptors (Lipinski definition) is 4. The van der Waals surface area contributed by atoms with E-state index in [0.29, 0.717) is 18.9 Å². The van der Waals surface area contributed by atoms with E-state index in [1.165, 1.54) is 0 Å². The van der Waals surface area contributed by atoms with Crippen LogP contribution in [-0.2, 0) is 4.79 Å². The Morgan fingerprint density at radius 3 is 2.25 bits per heavy atom. The van der Waals surface area contributed by atoms with Crippen molar-refractivity contribution in [3.8, 4) is 0 Å². The maximum atomic E-state index is 11.4. The van der Waals surface area contributed by atoms with E-state index in [2.05, 4.69) is 29.0 Å².